The largest absolute Gasteiger partial charge is 0.313 e. The van der Waals surface area contributed by atoms with Crippen LogP contribution in [0.5, 0.6) is 0 Å². The molecular formula is C19H20FN. The number of para-hydroxylation sites is 1. The van der Waals surface area contributed by atoms with Gasteiger partial charge in [0, 0.05) is 16.9 Å². The maximum absolute atomic E-state index is 13.5. The summed E-state index contributed by atoms with van der Waals surface area (Å²) in [6, 6.07) is 10.3. The lowest BCUT2D eigenvalue weighted by Gasteiger charge is -2.16. The van der Waals surface area contributed by atoms with Gasteiger partial charge >= 0.3 is 0 Å². The van der Waals surface area contributed by atoms with Gasteiger partial charge in [0.25, 0.3) is 0 Å². The third-order valence-electron chi connectivity index (χ3n) is 4.10. The van der Waals surface area contributed by atoms with Crippen LogP contribution in [0.15, 0.2) is 42.7 Å². The Morgan fingerprint density at radius 2 is 1.90 bits per heavy atom. The van der Waals surface area contributed by atoms with Crippen molar-refractivity contribution in [3.05, 3.63) is 65.3 Å². The van der Waals surface area contributed by atoms with Crippen LogP contribution in [0.4, 0.5) is 4.39 Å². The molecule has 2 aromatic rings. The molecular weight excluding hydrogens is 261 g/mol. The summed E-state index contributed by atoms with van der Waals surface area (Å²) in [4.78, 5) is 0. The summed E-state index contributed by atoms with van der Waals surface area (Å²) >= 11 is 0. The van der Waals surface area contributed by atoms with Gasteiger partial charge in [-0.2, -0.15) is 0 Å². The van der Waals surface area contributed by atoms with Crippen molar-refractivity contribution >= 4 is 12.2 Å². The lowest BCUT2D eigenvalue weighted by molar-refractivity contribution is 0.647. The van der Waals surface area contributed by atoms with Crippen LogP contribution in [0.25, 0.3) is 17.8 Å². The zero-order valence-electron chi connectivity index (χ0n) is 12.4. The van der Waals surface area contributed by atoms with E-state index in [2.05, 4.69) is 23.3 Å². The number of rotatable bonds is 3. The molecule has 0 atom stereocenters. The van der Waals surface area contributed by atoms with Gasteiger partial charge in [0.2, 0.25) is 0 Å². The molecule has 0 bridgehead atoms. The summed E-state index contributed by atoms with van der Waals surface area (Å²) in [5.74, 6) is -0.156. The van der Waals surface area contributed by atoms with Gasteiger partial charge in [-0.05, 0) is 62.5 Å². The van der Waals surface area contributed by atoms with E-state index < -0.39 is 0 Å². The lowest BCUT2D eigenvalue weighted by Crippen LogP contribution is -2.07. The van der Waals surface area contributed by atoms with Crippen molar-refractivity contribution in [1.82, 2.24) is 4.57 Å². The van der Waals surface area contributed by atoms with Crippen LogP contribution in [0, 0.1) is 0 Å². The molecule has 3 rings (SSSR count). The fourth-order valence-corrected chi connectivity index (χ4v) is 3.28. The number of hydrogen-bond acceptors (Lipinski definition) is 0. The topological polar surface area (TPSA) is 4.93 Å². The van der Waals surface area contributed by atoms with Gasteiger partial charge in [0.15, 0.2) is 0 Å². The molecule has 0 fully saturated rings. The Kier molecular flexibility index (Phi) is 3.78. The van der Waals surface area contributed by atoms with Gasteiger partial charge in [0.05, 0.1) is 11.5 Å². The summed E-state index contributed by atoms with van der Waals surface area (Å²) in [5, 5.41) is 0. The van der Waals surface area contributed by atoms with E-state index >= 15 is 0 Å². The number of nitrogens with zero attached hydrogens (tertiary/aromatic N) is 1. The van der Waals surface area contributed by atoms with Gasteiger partial charge in [-0.1, -0.05) is 24.8 Å². The molecule has 0 unspecified atom stereocenters. The van der Waals surface area contributed by atoms with Crippen molar-refractivity contribution in [3.63, 3.8) is 0 Å². The highest BCUT2D eigenvalue weighted by molar-refractivity contribution is 5.70. The molecule has 0 amide bonds. The third kappa shape index (κ3) is 2.46. The first-order valence-corrected chi connectivity index (χ1v) is 7.50. The lowest BCUT2D eigenvalue weighted by atomic mass is 9.94. The quantitative estimate of drug-likeness (QED) is 0.716. The second-order valence-corrected chi connectivity index (χ2v) is 5.54. The van der Waals surface area contributed by atoms with Crippen LogP contribution >= 0.6 is 0 Å². The van der Waals surface area contributed by atoms with Crippen molar-refractivity contribution in [3.8, 4) is 5.69 Å². The van der Waals surface area contributed by atoms with Crippen LogP contribution in [0.1, 0.15) is 42.3 Å². The SMILES string of the molecule is C=Cc1c(/C=C(\C)F)c2c(n1-c1ccccc1)CCCC2. The molecule has 0 spiro atoms. The molecule has 21 heavy (non-hydrogen) atoms. The summed E-state index contributed by atoms with van der Waals surface area (Å²) in [7, 11) is 0. The number of allylic oxidation sites excluding steroid dienone is 1. The van der Waals surface area contributed by atoms with Crippen molar-refractivity contribution in [2.45, 2.75) is 32.6 Å². The van der Waals surface area contributed by atoms with Crippen LogP contribution in [-0.2, 0) is 12.8 Å². The van der Waals surface area contributed by atoms with Crippen molar-refractivity contribution in [1.29, 1.82) is 0 Å². The van der Waals surface area contributed by atoms with Crippen molar-refractivity contribution in [2.24, 2.45) is 0 Å². The average Bonchev–Trinajstić information content (AvgIpc) is 2.81. The van der Waals surface area contributed by atoms with E-state index in [0.29, 0.717) is 0 Å². The van der Waals surface area contributed by atoms with Crippen LogP contribution in [0.2, 0.25) is 0 Å². The first-order chi connectivity index (χ1) is 10.2. The molecule has 1 nitrogen and oxygen atoms in total. The van der Waals surface area contributed by atoms with Crippen LogP contribution in [-0.4, -0.2) is 4.57 Å². The minimum absolute atomic E-state index is 0.156. The first-order valence-electron chi connectivity index (χ1n) is 7.50. The summed E-state index contributed by atoms with van der Waals surface area (Å²) < 4.78 is 15.7. The fraction of sp³-hybridized carbons (Fsp3) is 0.263. The summed E-state index contributed by atoms with van der Waals surface area (Å²) in [5.41, 5.74) is 5.74. The maximum atomic E-state index is 13.5. The number of hydrogen-bond donors (Lipinski definition) is 0. The molecule has 1 aromatic heterocycles. The van der Waals surface area contributed by atoms with Crippen molar-refractivity contribution < 1.29 is 4.39 Å². The fourth-order valence-electron chi connectivity index (χ4n) is 3.28. The van der Waals surface area contributed by atoms with E-state index in [0.717, 1.165) is 29.8 Å². The Hall–Kier alpha value is -2.09. The normalized spacial score (nSPS) is 14.9. The molecule has 1 aliphatic carbocycles. The molecule has 0 radical (unpaired) electrons. The molecule has 108 valence electrons. The first kappa shape index (κ1) is 13.9. The van der Waals surface area contributed by atoms with Gasteiger partial charge < -0.3 is 4.57 Å². The smallest absolute Gasteiger partial charge is 0.0975 e. The van der Waals surface area contributed by atoms with Gasteiger partial charge in [-0.15, -0.1) is 0 Å². The minimum atomic E-state index is -0.156. The van der Waals surface area contributed by atoms with Gasteiger partial charge in [-0.3, -0.25) is 0 Å². The van der Waals surface area contributed by atoms with E-state index in [9.17, 15) is 4.39 Å². The van der Waals surface area contributed by atoms with Gasteiger partial charge in [-0.25, -0.2) is 4.39 Å². The molecule has 0 aliphatic heterocycles. The van der Waals surface area contributed by atoms with Crippen LogP contribution < -0.4 is 0 Å². The molecule has 0 saturated heterocycles. The van der Waals surface area contributed by atoms with Gasteiger partial charge in [0.1, 0.15) is 0 Å². The predicted molar refractivity (Wildman–Crippen MR) is 87.3 cm³/mol. The summed E-state index contributed by atoms with van der Waals surface area (Å²) in [6.07, 6.45) is 7.94. The average molecular weight is 281 g/mol. The minimum Gasteiger partial charge on any atom is -0.313 e. The van der Waals surface area contributed by atoms with Crippen molar-refractivity contribution in [2.75, 3.05) is 0 Å². The maximum Gasteiger partial charge on any atom is 0.0975 e. The molecule has 1 heterocycles. The number of aromatic nitrogens is 1. The van der Waals surface area contributed by atoms with E-state index in [1.807, 2.05) is 24.3 Å². The molecule has 2 heteroatoms. The highest BCUT2D eigenvalue weighted by atomic mass is 19.1. The molecule has 0 saturated carbocycles. The number of benzene rings is 1. The molecule has 1 aliphatic rings. The molecule has 1 aromatic carbocycles. The standard InChI is InChI=1S/C19H20FN/c1-3-18-17(13-14(2)20)16-11-7-8-12-19(16)21(18)15-9-5-4-6-10-15/h3-6,9-10,13H,1,7-8,11-12H2,2H3/b14-13+. The third-order valence-corrected chi connectivity index (χ3v) is 4.10. The highest BCUT2D eigenvalue weighted by Gasteiger charge is 2.23. The zero-order valence-corrected chi connectivity index (χ0v) is 12.4. The molecule has 0 N–H and O–H groups in total. The Morgan fingerprint density at radius 3 is 2.57 bits per heavy atom. The Bertz CT molecular complexity index is 688. The Morgan fingerprint density at radius 1 is 1.19 bits per heavy atom. The number of fused-ring (bicyclic) bond motifs is 1. The van der Waals surface area contributed by atoms with E-state index in [1.165, 1.54) is 31.0 Å². The summed E-state index contributed by atoms with van der Waals surface area (Å²) in [6.45, 7) is 5.46. The monoisotopic (exact) mass is 281 g/mol. The predicted octanol–water partition coefficient (Wildman–Crippen LogP) is 5.33. The van der Waals surface area contributed by atoms with Crippen LogP contribution in [0.3, 0.4) is 0 Å². The zero-order chi connectivity index (χ0) is 14.8. The second kappa shape index (κ2) is 5.72. The van der Waals surface area contributed by atoms with E-state index in [4.69, 9.17) is 0 Å². The Balaban J connectivity index is 2.31. The van der Waals surface area contributed by atoms with E-state index in [1.54, 1.807) is 6.08 Å². The second-order valence-electron chi connectivity index (χ2n) is 5.54. The Labute approximate surface area is 125 Å². The van der Waals surface area contributed by atoms with E-state index in [-0.39, 0.29) is 5.83 Å². The highest BCUT2D eigenvalue weighted by Crippen LogP contribution is 2.34. The number of halogens is 1.